The lowest BCUT2D eigenvalue weighted by atomic mass is 10.2. The summed E-state index contributed by atoms with van der Waals surface area (Å²) in [5.74, 6) is 1.52. The van der Waals surface area contributed by atoms with Gasteiger partial charge in [0.15, 0.2) is 11.5 Å². The molecule has 1 N–H and O–H groups in total. The topological polar surface area (TPSA) is 103 Å². The summed E-state index contributed by atoms with van der Waals surface area (Å²) >= 11 is 0. The Morgan fingerprint density at radius 1 is 1.14 bits per heavy atom. The summed E-state index contributed by atoms with van der Waals surface area (Å²) in [6.07, 6.45) is 1.31. The number of benzene rings is 2. The highest BCUT2D eigenvalue weighted by Crippen LogP contribution is 2.39. The van der Waals surface area contributed by atoms with Gasteiger partial charge in [0.2, 0.25) is 18.4 Å². The SMILES string of the molecule is CCN(c1ccccc1)c1ncnc(Nc2ccc3c(c2)OCO3)c1[N+](=O)[O-]. The smallest absolute Gasteiger partial charge is 0.354 e. The Hall–Kier alpha value is -3.88. The van der Waals surface area contributed by atoms with Crippen LogP contribution in [-0.2, 0) is 0 Å². The van der Waals surface area contributed by atoms with Gasteiger partial charge in [-0.15, -0.1) is 0 Å². The highest BCUT2D eigenvalue weighted by atomic mass is 16.7. The number of nitro groups is 1. The number of nitrogens with zero attached hydrogens (tertiary/aromatic N) is 4. The normalized spacial score (nSPS) is 11.9. The first-order valence-electron chi connectivity index (χ1n) is 8.66. The van der Waals surface area contributed by atoms with E-state index in [1.54, 1.807) is 23.1 Å². The molecule has 0 spiro atoms. The van der Waals surface area contributed by atoms with E-state index in [-0.39, 0.29) is 24.1 Å². The van der Waals surface area contributed by atoms with Gasteiger partial charge in [-0.05, 0) is 31.2 Å². The van der Waals surface area contributed by atoms with Crippen molar-refractivity contribution in [3.05, 3.63) is 65.0 Å². The molecule has 9 heteroatoms. The molecular formula is C19H17N5O4. The third kappa shape index (κ3) is 3.25. The zero-order valence-corrected chi connectivity index (χ0v) is 15.0. The molecule has 0 amide bonds. The maximum atomic E-state index is 11.9. The van der Waals surface area contributed by atoms with E-state index >= 15 is 0 Å². The summed E-state index contributed by atoms with van der Waals surface area (Å²) in [6.45, 7) is 2.56. The predicted molar refractivity (Wildman–Crippen MR) is 104 cm³/mol. The van der Waals surface area contributed by atoms with E-state index in [2.05, 4.69) is 15.3 Å². The highest BCUT2D eigenvalue weighted by Gasteiger charge is 2.27. The fourth-order valence-electron chi connectivity index (χ4n) is 3.00. The predicted octanol–water partition coefficient (Wildman–Crippen LogP) is 4.02. The summed E-state index contributed by atoms with van der Waals surface area (Å²) in [7, 11) is 0. The molecule has 0 aliphatic carbocycles. The molecule has 1 aromatic heterocycles. The van der Waals surface area contributed by atoms with Gasteiger partial charge in [0.25, 0.3) is 0 Å². The number of fused-ring (bicyclic) bond motifs is 1. The Morgan fingerprint density at radius 2 is 1.93 bits per heavy atom. The number of hydrogen-bond acceptors (Lipinski definition) is 8. The van der Waals surface area contributed by atoms with E-state index in [0.29, 0.717) is 23.7 Å². The van der Waals surface area contributed by atoms with Crippen LogP contribution in [0.5, 0.6) is 11.5 Å². The van der Waals surface area contributed by atoms with Gasteiger partial charge in [-0.1, -0.05) is 18.2 Å². The van der Waals surface area contributed by atoms with Crippen molar-refractivity contribution >= 4 is 28.7 Å². The molecule has 3 aromatic rings. The second-order valence-electron chi connectivity index (χ2n) is 5.92. The third-order valence-electron chi connectivity index (χ3n) is 4.26. The van der Waals surface area contributed by atoms with Crippen molar-refractivity contribution < 1.29 is 14.4 Å². The Balaban J connectivity index is 1.74. The Labute approximate surface area is 160 Å². The summed E-state index contributed by atoms with van der Waals surface area (Å²) in [5.41, 5.74) is 1.20. The first kappa shape index (κ1) is 17.5. The van der Waals surface area contributed by atoms with Crippen molar-refractivity contribution in [3.8, 4) is 11.5 Å². The van der Waals surface area contributed by atoms with E-state index in [1.807, 2.05) is 37.3 Å². The van der Waals surface area contributed by atoms with Crippen molar-refractivity contribution in [1.82, 2.24) is 9.97 Å². The molecule has 0 bridgehead atoms. The molecule has 0 saturated carbocycles. The fraction of sp³-hybridized carbons (Fsp3) is 0.158. The summed E-state index contributed by atoms with van der Waals surface area (Å²) in [6, 6.07) is 14.6. The van der Waals surface area contributed by atoms with Crippen molar-refractivity contribution in [2.75, 3.05) is 23.6 Å². The maximum absolute atomic E-state index is 11.9. The van der Waals surface area contributed by atoms with Crippen LogP contribution < -0.4 is 19.7 Å². The van der Waals surface area contributed by atoms with Crippen LogP contribution in [0.1, 0.15) is 6.92 Å². The van der Waals surface area contributed by atoms with Gasteiger partial charge >= 0.3 is 5.69 Å². The van der Waals surface area contributed by atoms with Crippen LogP contribution in [0.15, 0.2) is 54.9 Å². The lowest BCUT2D eigenvalue weighted by Crippen LogP contribution is -2.19. The molecule has 1 aliphatic heterocycles. The van der Waals surface area contributed by atoms with E-state index in [0.717, 1.165) is 5.69 Å². The molecule has 0 fully saturated rings. The van der Waals surface area contributed by atoms with Crippen LogP contribution in [0.3, 0.4) is 0 Å². The molecule has 2 heterocycles. The van der Waals surface area contributed by atoms with E-state index in [1.165, 1.54) is 6.33 Å². The quantitative estimate of drug-likeness (QED) is 0.506. The van der Waals surface area contributed by atoms with Gasteiger partial charge in [0, 0.05) is 24.0 Å². The Kier molecular flexibility index (Phi) is 4.63. The number of rotatable bonds is 6. The lowest BCUT2D eigenvalue weighted by Gasteiger charge is -2.22. The van der Waals surface area contributed by atoms with E-state index in [4.69, 9.17) is 9.47 Å². The van der Waals surface area contributed by atoms with Gasteiger partial charge in [0.05, 0.1) is 4.92 Å². The molecule has 142 valence electrons. The summed E-state index contributed by atoms with van der Waals surface area (Å²) in [5, 5.41) is 14.9. The number of hydrogen-bond donors (Lipinski definition) is 1. The molecule has 0 atom stereocenters. The van der Waals surface area contributed by atoms with Gasteiger partial charge in [-0.2, -0.15) is 0 Å². The standard InChI is InChI=1S/C19H17N5O4/c1-2-23(14-6-4-3-5-7-14)19-17(24(25)26)18(20-11-21-19)22-13-8-9-15-16(10-13)28-12-27-15/h3-11H,2,12H2,1H3,(H,20,21,22). The van der Waals surface area contributed by atoms with Crippen molar-refractivity contribution in [1.29, 1.82) is 0 Å². The molecule has 1 aliphatic rings. The van der Waals surface area contributed by atoms with Crippen LogP contribution in [0, 0.1) is 10.1 Å². The third-order valence-corrected chi connectivity index (χ3v) is 4.26. The van der Waals surface area contributed by atoms with Gasteiger partial charge < -0.3 is 19.7 Å². The first-order valence-corrected chi connectivity index (χ1v) is 8.66. The van der Waals surface area contributed by atoms with Crippen LogP contribution >= 0.6 is 0 Å². The number of anilines is 4. The van der Waals surface area contributed by atoms with Crippen LogP contribution in [0.4, 0.5) is 28.7 Å². The monoisotopic (exact) mass is 379 g/mol. The largest absolute Gasteiger partial charge is 0.454 e. The van der Waals surface area contributed by atoms with Crippen molar-refractivity contribution in [2.45, 2.75) is 6.92 Å². The number of ether oxygens (including phenoxy) is 2. The zero-order valence-electron chi connectivity index (χ0n) is 15.0. The van der Waals surface area contributed by atoms with Gasteiger partial charge in [-0.3, -0.25) is 10.1 Å². The molecule has 0 radical (unpaired) electrons. The van der Waals surface area contributed by atoms with Crippen molar-refractivity contribution in [3.63, 3.8) is 0 Å². The van der Waals surface area contributed by atoms with Gasteiger partial charge in [-0.25, -0.2) is 9.97 Å². The maximum Gasteiger partial charge on any atom is 0.354 e. The minimum atomic E-state index is -0.476. The molecule has 9 nitrogen and oxygen atoms in total. The molecular weight excluding hydrogens is 362 g/mol. The molecule has 4 rings (SSSR count). The number of nitrogens with one attached hydrogen (secondary N) is 1. The minimum absolute atomic E-state index is 0.100. The molecule has 2 aromatic carbocycles. The highest BCUT2D eigenvalue weighted by molar-refractivity contribution is 5.78. The molecule has 0 unspecified atom stereocenters. The zero-order chi connectivity index (χ0) is 19.5. The fourth-order valence-corrected chi connectivity index (χ4v) is 3.00. The lowest BCUT2D eigenvalue weighted by molar-refractivity contribution is -0.383. The number of aromatic nitrogens is 2. The average molecular weight is 379 g/mol. The second-order valence-corrected chi connectivity index (χ2v) is 5.92. The van der Waals surface area contributed by atoms with Crippen LogP contribution in [-0.4, -0.2) is 28.2 Å². The first-order chi connectivity index (χ1) is 13.7. The molecule has 0 saturated heterocycles. The average Bonchev–Trinajstić information content (AvgIpc) is 3.17. The van der Waals surface area contributed by atoms with Gasteiger partial charge in [0.1, 0.15) is 6.33 Å². The van der Waals surface area contributed by atoms with Crippen LogP contribution in [0.2, 0.25) is 0 Å². The van der Waals surface area contributed by atoms with E-state index < -0.39 is 4.92 Å². The Bertz CT molecular complexity index is 1010. The van der Waals surface area contributed by atoms with Crippen molar-refractivity contribution in [2.24, 2.45) is 0 Å². The summed E-state index contributed by atoms with van der Waals surface area (Å²) in [4.78, 5) is 21.5. The number of para-hydroxylation sites is 1. The summed E-state index contributed by atoms with van der Waals surface area (Å²) < 4.78 is 10.6. The second kappa shape index (κ2) is 7.39. The molecule has 28 heavy (non-hydrogen) atoms. The Morgan fingerprint density at radius 3 is 2.68 bits per heavy atom. The van der Waals surface area contributed by atoms with Crippen LogP contribution in [0.25, 0.3) is 0 Å². The van der Waals surface area contributed by atoms with E-state index in [9.17, 15) is 10.1 Å². The minimum Gasteiger partial charge on any atom is -0.454 e.